The van der Waals surface area contributed by atoms with Crippen LogP contribution in [0.1, 0.15) is 37.8 Å². The van der Waals surface area contributed by atoms with Crippen LogP contribution >= 0.6 is 24.2 Å². The van der Waals surface area contributed by atoms with E-state index in [1.807, 2.05) is 18.2 Å². The van der Waals surface area contributed by atoms with E-state index in [0.717, 1.165) is 12.2 Å². The number of thioether (sulfide) groups is 1. The summed E-state index contributed by atoms with van der Waals surface area (Å²) >= 11 is 1.51. The first kappa shape index (κ1) is 18.7. The molecular formula is C16H22ClN3OS. The van der Waals surface area contributed by atoms with Gasteiger partial charge in [-0.15, -0.1) is 22.6 Å². The number of rotatable bonds is 7. The van der Waals surface area contributed by atoms with E-state index in [2.05, 4.69) is 48.3 Å². The molecule has 0 bridgehead atoms. The van der Waals surface area contributed by atoms with E-state index in [1.165, 1.54) is 17.3 Å². The van der Waals surface area contributed by atoms with Crippen LogP contribution in [0.5, 0.6) is 0 Å². The summed E-state index contributed by atoms with van der Waals surface area (Å²) in [5, 5.41) is 8.64. The molecule has 0 aliphatic carbocycles. The molecule has 0 radical (unpaired) electrons. The summed E-state index contributed by atoms with van der Waals surface area (Å²) in [7, 11) is 0. The second kappa shape index (κ2) is 9.66. The first-order chi connectivity index (χ1) is 10.2. The smallest absolute Gasteiger partial charge is 0.276 e. The van der Waals surface area contributed by atoms with Crippen molar-refractivity contribution in [2.45, 2.75) is 31.5 Å². The average molecular weight is 340 g/mol. The largest absolute Gasteiger partial charge is 0.414 e. The molecule has 1 aromatic carbocycles. The summed E-state index contributed by atoms with van der Waals surface area (Å²) in [6.07, 6.45) is 5.15. The van der Waals surface area contributed by atoms with Gasteiger partial charge in [-0.05, 0) is 11.5 Å². The van der Waals surface area contributed by atoms with Gasteiger partial charge in [0.25, 0.3) is 5.22 Å². The highest BCUT2D eigenvalue weighted by Gasteiger charge is 2.19. The average Bonchev–Trinajstić information content (AvgIpc) is 3.00. The van der Waals surface area contributed by atoms with Gasteiger partial charge in [0, 0.05) is 5.75 Å². The topological polar surface area (TPSA) is 64.9 Å². The number of hydrogen-bond donors (Lipinski definition) is 1. The summed E-state index contributed by atoms with van der Waals surface area (Å²) in [5.74, 6) is 1.65. The normalized spacial score (nSPS) is 13.8. The predicted octanol–water partition coefficient (Wildman–Crippen LogP) is 4.34. The highest BCUT2D eigenvalue weighted by Crippen LogP contribution is 2.24. The fourth-order valence-electron chi connectivity index (χ4n) is 1.78. The van der Waals surface area contributed by atoms with Crippen LogP contribution in [0.2, 0.25) is 0 Å². The lowest BCUT2D eigenvalue weighted by Gasteiger charge is -2.13. The van der Waals surface area contributed by atoms with Crippen LogP contribution in [0, 0.1) is 5.92 Å². The van der Waals surface area contributed by atoms with Crippen LogP contribution < -0.4 is 5.73 Å². The molecular weight excluding hydrogens is 318 g/mol. The Balaban J connectivity index is 0.00000242. The van der Waals surface area contributed by atoms with Crippen LogP contribution in [0.4, 0.5) is 0 Å². The Labute approximate surface area is 142 Å². The lowest BCUT2D eigenvalue weighted by Crippen LogP contribution is -2.18. The van der Waals surface area contributed by atoms with Crippen molar-refractivity contribution in [1.29, 1.82) is 0 Å². The van der Waals surface area contributed by atoms with E-state index in [1.54, 1.807) is 0 Å². The van der Waals surface area contributed by atoms with Gasteiger partial charge in [0.2, 0.25) is 5.89 Å². The van der Waals surface area contributed by atoms with Crippen molar-refractivity contribution in [3.05, 3.63) is 47.9 Å². The Morgan fingerprint density at radius 3 is 2.68 bits per heavy atom. The van der Waals surface area contributed by atoms with Crippen LogP contribution in [0.15, 0.2) is 46.0 Å². The third-order valence-corrected chi connectivity index (χ3v) is 4.15. The first-order valence-corrected chi connectivity index (χ1v) is 8.12. The Morgan fingerprint density at radius 1 is 1.27 bits per heavy atom. The molecule has 0 aliphatic rings. The van der Waals surface area contributed by atoms with Crippen molar-refractivity contribution < 1.29 is 4.42 Å². The summed E-state index contributed by atoms with van der Waals surface area (Å²) in [6, 6.07) is 10.00. The fourth-order valence-corrected chi connectivity index (χ4v) is 2.36. The maximum absolute atomic E-state index is 6.07. The van der Waals surface area contributed by atoms with Crippen molar-refractivity contribution in [1.82, 2.24) is 10.2 Å². The molecule has 2 atom stereocenters. The molecule has 0 amide bonds. The van der Waals surface area contributed by atoms with Gasteiger partial charge in [-0.25, -0.2) is 0 Å². The summed E-state index contributed by atoms with van der Waals surface area (Å²) < 4.78 is 5.60. The summed E-state index contributed by atoms with van der Waals surface area (Å²) in [4.78, 5) is 0. The Hall–Kier alpha value is -1.30. The maximum Gasteiger partial charge on any atom is 0.276 e. The van der Waals surface area contributed by atoms with Gasteiger partial charge in [0.15, 0.2) is 0 Å². The monoisotopic (exact) mass is 339 g/mol. The SMILES string of the molecule is CCC(C)C(N)c1nnc(SC/C=C/c2ccccc2)o1.Cl. The number of nitrogens with zero attached hydrogens (tertiary/aromatic N) is 2. The molecule has 2 unspecified atom stereocenters. The Kier molecular flexibility index (Phi) is 8.24. The zero-order valence-electron chi connectivity index (χ0n) is 12.8. The molecule has 2 rings (SSSR count). The fraction of sp³-hybridized carbons (Fsp3) is 0.375. The van der Waals surface area contributed by atoms with Gasteiger partial charge in [-0.2, -0.15) is 0 Å². The van der Waals surface area contributed by atoms with E-state index in [0.29, 0.717) is 17.0 Å². The highest BCUT2D eigenvalue weighted by atomic mass is 35.5. The quantitative estimate of drug-likeness (QED) is 0.760. The minimum atomic E-state index is -0.184. The molecule has 2 N–H and O–H groups in total. The van der Waals surface area contributed by atoms with Crippen LogP contribution in [-0.4, -0.2) is 16.0 Å². The molecule has 6 heteroatoms. The Bertz CT molecular complexity index is 574. The molecule has 0 fully saturated rings. The third kappa shape index (κ3) is 5.48. The van der Waals surface area contributed by atoms with Crippen LogP contribution in [-0.2, 0) is 0 Å². The van der Waals surface area contributed by atoms with Crippen LogP contribution in [0.25, 0.3) is 6.08 Å². The number of benzene rings is 1. The van der Waals surface area contributed by atoms with E-state index in [-0.39, 0.29) is 18.4 Å². The number of aromatic nitrogens is 2. The van der Waals surface area contributed by atoms with Crippen molar-refractivity contribution >= 4 is 30.2 Å². The van der Waals surface area contributed by atoms with Gasteiger partial charge in [-0.1, -0.05) is 74.5 Å². The Morgan fingerprint density at radius 2 is 2.00 bits per heavy atom. The molecule has 0 aliphatic heterocycles. The minimum absolute atomic E-state index is 0. The highest BCUT2D eigenvalue weighted by molar-refractivity contribution is 7.99. The van der Waals surface area contributed by atoms with Gasteiger partial charge < -0.3 is 10.2 Å². The number of halogens is 1. The lowest BCUT2D eigenvalue weighted by atomic mass is 10.0. The van der Waals surface area contributed by atoms with Crippen molar-refractivity contribution in [3.8, 4) is 0 Å². The zero-order valence-corrected chi connectivity index (χ0v) is 14.4. The van der Waals surface area contributed by atoms with E-state index < -0.39 is 0 Å². The van der Waals surface area contributed by atoms with Gasteiger partial charge in [-0.3, -0.25) is 0 Å². The second-order valence-corrected chi connectivity index (χ2v) is 5.91. The maximum atomic E-state index is 6.07. The van der Waals surface area contributed by atoms with Crippen molar-refractivity contribution in [2.75, 3.05) is 5.75 Å². The van der Waals surface area contributed by atoms with E-state index >= 15 is 0 Å². The predicted molar refractivity (Wildman–Crippen MR) is 94.1 cm³/mol. The molecule has 1 aromatic heterocycles. The molecule has 22 heavy (non-hydrogen) atoms. The van der Waals surface area contributed by atoms with Gasteiger partial charge in [0.05, 0.1) is 6.04 Å². The summed E-state index contributed by atoms with van der Waals surface area (Å²) in [5.41, 5.74) is 7.26. The molecule has 0 saturated heterocycles. The molecule has 2 aromatic rings. The molecule has 0 spiro atoms. The van der Waals surface area contributed by atoms with E-state index in [4.69, 9.17) is 10.2 Å². The second-order valence-electron chi connectivity index (χ2n) is 4.94. The van der Waals surface area contributed by atoms with Crippen molar-refractivity contribution in [2.24, 2.45) is 11.7 Å². The van der Waals surface area contributed by atoms with Gasteiger partial charge in [0.1, 0.15) is 0 Å². The van der Waals surface area contributed by atoms with Crippen LogP contribution in [0.3, 0.4) is 0 Å². The van der Waals surface area contributed by atoms with Gasteiger partial charge >= 0.3 is 0 Å². The molecule has 1 heterocycles. The standard InChI is InChI=1S/C16H21N3OS.ClH/c1-3-12(2)14(17)15-18-19-16(20-15)21-11-7-10-13-8-5-4-6-9-13;/h4-10,12,14H,3,11,17H2,1-2H3;1H/b10-7+;. The summed E-state index contributed by atoms with van der Waals surface area (Å²) in [6.45, 7) is 4.19. The van der Waals surface area contributed by atoms with Crippen molar-refractivity contribution in [3.63, 3.8) is 0 Å². The number of hydrogen-bond acceptors (Lipinski definition) is 5. The van der Waals surface area contributed by atoms with E-state index in [9.17, 15) is 0 Å². The third-order valence-electron chi connectivity index (χ3n) is 3.38. The molecule has 120 valence electrons. The zero-order chi connectivity index (χ0) is 15.1. The number of nitrogens with two attached hydrogens (primary N) is 1. The molecule has 4 nitrogen and oxygen atoms in total. The molecule has 0 saturated carbocycles. The first-order valence-electron chi connectivity index (χ1n) is 7.14. The lowest BCUT2D eigenvalue weighted by molar-refractivity contribution is 0.333. The minimum Gasteiger partial charge on any atom is -0.414 e.